The van der Waals surface area contributed by atoms with E-state index in [-0.39, 0.29) is 24.1 Å². The van der Waals surface area contributed by atoms with Crippen molar-refractivity contribution in [3.8, 4) is 12.3 Å². The first kappa shape index (κ1) is 33.9. The zero-order valence-electron chi connectivity index (χ0n) is 28.3. The molecule has 50 heavy (non-hydrogen) atoms. The second kappa shape index (κ2) is 14.3. The molecule has 0 radical (unpaired) electrons. The third kappa shape index (κ3) is 6.77. The maximum absolute atomic E-state index is 14.1. The van der Waals surface area contributed by atoms with Gasteiger partial charge < -0.3 is 30.2 Å². The summed E-state index contributed by atoms with van der Waals surface area (Å²) in [7, 11) is 2.15. The quantitative estimate of drug-likeness (QED) is 0.230. The molecule has 0 bridgehead atoms. The summed E-state index contributed by atoms with van der Waals surface area (Å²) in [5.41, 5.74) is 9.56. The number of imidazole rings is 1. The number of carbonyl (C=O) groups excluding carboxylic acids is 2. The molecule has 0 saturated carbocycles. The van der Waals surface area contributed by atoms with Crippen molar-refractivity contribution < 1.29 is 14.3 Å². The third-order valence-electron chi connectivity index (χ3n) is 10.7. The second-order valence-corrected chi connectivity index (χ2v) is 14.1. The van der Waals surface area contributed by atoms with Gasteiger partial charge in [-0.1, -0.05) is 35.7 Å². The summed E-state index contributed by atoms with van der Waals surface area (Å²) in [5.74, 6) is 2.32. The number of anilines is 1. The van der Waals surface area contributed by atoms with Crippen LogP contribution in [-0.2, 0) is 16.0 Å². The summed E-state index contributed by atoms with van der Waals surface area (Å²) in [6.45, 7) is 6.09. The highest BCUT2D eigenvalue weighted by molar-refractivity contribution is 6.33. The Kier molecular flexibility index (Phi) is 9.73. The number of likely N-dealkylation sites (tertiary alicyclic amines) is 2. The Morgan fingerprint density at radius 3 is 2.42 bits per heavy atom. The van der Waals surface area contributed by atoms with Gasteiger partial charge in [0, 0.05) is 81.8 Å². The van der Waals surface area contributed by atoms with Crippen LogP contribution >= 0.6 is 11.6 Å². The van der Waals surface area contributed by atoms with E-state index in [0.29, 0.717) is 66.9 Å². The molecule has 2 aromatic carbocycles. The Morgan fingerprint density at radius 2 is 1.70 bits per heavy atom. The fraction of sp³-hybridized carbons (Fsp3) is 0.459. The Balaban J connectivity index is 1.04. The van der Waals surface area contributed by atoms with E-state index in [1.165, 1.54) is 0 Å². The van der Waals surface area contributed by atoms with Crippen molar-refractivity contribution in [3.05, 3.63) is 69.2 Å². The van der Waals surface area contributed by atoms with E-state index in [1.807, 2.05) is 29.2 Å². The Hall–Kier alpha value is -4.57. The van der Waals surface area contributed by atoms with Crippen LogP contribution in [0.15, 0.2) is 47.4 Å². The number of nitrogens with zero attached hydrogens (tertiary/aromatic N) is 6. The highest BCUT2D eigenvalue weighted by Gasteiger charge is 2.35. The van der Waals surface area contributed by atoms with Crippen molar-refractivity contribution in [1.82, 2.24) is 34.1 Å². The number of nitrogens with one attached hydrogen (secondary N) is 1. The van der Waals surface area contributed by atoms with Gasteiger partial charge in [0.2, 0.25) is 0 Å². The molecule has 2 aromatic heterocycles. The van der Waals surface area contributed by atoms with Gasteiger partial charge in [-0.15, -0.1) is 6.42 Å². The molecule has 262 valence electrons. The number of rotatable bonds is 6. The summed E-state index contributed by atoms with van der Waals surface area (Å²) in [6.07, 6.45) is 8.73. The number of nitrogen functional groups attached to an aromatic ring is 1. The molecule has 3 N–H and O–H groups in total. The number of halogens is 1. The van der Waals surface area contributed by atoms with Crippen LogP contribution in [0.1, 0.15) is 42.9 Å². The number of para-hydroxylation sites is 1. The molecule has 12 nitrogen and oxygen atoms in total. The number of amides is 2. The predicted molar refractivity (Wildman–Crippen MR) is 194 cm³/mol. The van der Waals surface area contributed by atoms with Crippen molar-refractivity contribution in [3.63, 3.8) is 0 Å². The molecule has 0 unspecified atom stereocenters. The van der Waals surface area contributed by atoms with Crippen LogP contribution in [0.4, 0.5) is 10.5 Å². The average Bonchev–Trinajstić information content (AvgIpc) is 3.49. The minimum Gasteiger partial charge on any atom is -0.436 e. The lowest BCUT2D eigenvalue weighted by molar-refractivity contribution is -0.142. The van der Waals surface area contributed by atoms with Gasteiger partial charge >= 0.3 is 11.8 Å². The molecule has 4 aromatic rings. The molecular formula is C37H43ClN8O4. The van der Waals surface area contributed by atoms with Crippen molar-refractivity contribution in [2.24, 2.45) is 0 Å². The lowest BCUT2D eigenvalue weighted by Gasteiger charge is -2.42. The van der Waals surface area contributed by atoms with E-state index in [9.17, 15) is 14.4 Å². The minimum absolute atomic E-state index is 0.111. The molecule has 3 aliphatic rings. The van der Waals surface area contributed by atoms with Gasteiger partial charge in [0.1, 0.15) is 0 Å². The number of aromatic amines is 1. The average molecular weight is 699 g/mol. The maximum Gasteiger partial charge on any atom is 0.410 e. The number of pyridine rings is 1. The number of ether oxygens (including phenoxy) is 1. The summed E-state index contributed by atoms with van der Waals surface area (Å²) in [4.78, 5) is 56.8. The normalized spacial score (nSPS) is 19.1. The molecule has 0 aliphatic carbocycles. The van der Waals surface area contributed by atoms with Crippen LogP contribution in [0.2, 0.25) is 5.02 Å². The van der Waals surface area contributed by atoms with Gasteiger partial charge in [0.15, 0.2) is 6.10 Å². The van der Waals surface area contributed by atoms with Crippen molar-refractivity contribution >= 4 is 51.2 Å². The van der Waals surface area contributed by atoms with Crippen LogP contribution < -0.4 is 11.4 Å². The fourth-order valence-corrected chi connectivity index (χ4v) is 7.98. The number of hydrogen-bond acceptors (Lipinski definition) is 8. The van der Waals surface area contributed by atoms with Crippen LogP contribution in [-0.4, -0.2) is 118 Å². The molecule has 5 heterocycles. The van der Waals surface area contributed by atoms with Gasteiger partial charge in [-0.3, -0.25) is 19.2 Å². The summed E-state index contributed by atoms with van der Waals surface area (Å²) < 4.78 is 7.80. The lowest BCUT2D eigenvalue weighted by Crippen LogP contribution is -2.54. The smallest absolute Gasteiger partial charge is 0.410 e. The maximum atomic E-state index is 14.1. The standard InChI is InChI=1S/C37H43ClN8O4/c1-3-25-20-24(21-29(38)33(25)39)22-32(35(47)44-12-8-26(9-13-44)43-18-16-42(2)17-19-43)50-37(49)45-14-10-27(11-15-45)46-31-23-40-30-7-5-4-6-28(30)34(31)41-36(46)48/h1,4-7,20-21,23,26-27,32H,8-19,22,39H2,2H3,(H,41,48)/t32-/m1/s1. The summed E-state index contributed by atoms with van der Waals surface area (Å²) in [6, 6.07) is 11.4. The number of benzene rings is 2. The largest absolute Gasteiger partial charge is 0.436 e. The number of H-pyrrole nitrogens is 1. The van der Waals surface area contributed by atoms with E-state index in [0.717, 1.165) is 61.0 Å². The first-order chi connectivity index (χ1) is 24.2. The molecule has 13 heteroatoms. The SMILES string of the molecule is C#Cc1cc(C[C@@H](OC(=O)N2CCC(n3c(=O)[nH]c4c5ccccc5ncc43)CC2)C(=O)N2CCC(N3CCN(C)CC3)CC2)cc(Cl)c1N. The molecule has 3 saturated heterocycles. The van der Waals surface area contributed by atoms with E-state index in [4.69, 9.17) is 28.5 Å². The van der Waals surface area contributed by atoms with Crippen LogP contribution in [0.5, 0.6) is 0 Å². The van der Waals surface area contributed by atoms with Crippen LogP contribution in [0, 0.1) is 12.3 Å². The predicted octanol–water partition coefficient (Wildman–Crippen LogP) is 3.72. The molecule has 3 fully saturated rings. The number of piperidine rings is 2. The highest BCUT2D eigenvalue weighted by atomic mass is 35.5. The minimum atomic E-state index is -1.07. The molecular weight excluding hydrogens is 656 g/mol. The lowest BCUT2D eigenvalue weighted by atomic mass is 9.99. The molecule has 0 spiro atoms. The number of terminal acetylenes is 1. The van der Waals surface area contributed by atoms with Gasteiger partial charge in [-0.25, -0.2) is 9.59 Å². The van der Waals surface area contributed by atoms with Crippen LogP contribution in [0.25, 0.3) is 21.9 Å². The first-order valence-electron chi connectivity index (χ1n) is 17.4. The van der Waals surface area contributed by atoms with E-state index < -0.39 is 12.2 Å². The molecule has 2 amide bonds. The Bertz CT molecular complexity index is 2000. The van der Waals surface area contributed by atoms with E-state index in [1.54, 1.807) is 27.8 Å². The Morgan fingerprint density at radius 1 is 1.02 bits per heavy atom. The van der Waals surface area contributed by atoms with Gasteiger partial charge in [0.25, 0.3) is 5.91 Å². The van der Waals surface area contributed by atoms with Crippen molar-refractivity contribution in [1.29, 1.82) is 0 Å². The zero-order chi connectivity index (χ0) is 34.9. The number of carbonyl (C=O) groups is 2. The van der Waals surface area contributed by atoms with Gasteiger partial charge in [0.05, 0.1) is 33.5 Å². The number of nitrogens with two attached hydrogens (primary N) is 1. The molecule has 1 atom stereocenters. The number of hydrogen-bond donors (Lipinski definition) is 2. The molecule has 3 aliphatic heterocycles. The topological polar surface area (TPSA) is 133 Å². The summed E-state index contributed by atoms with van der Waals surface area (Å²) in [5, 5.41) is 1.18. The van der Waals surface area contributed by atoms with E-state index >= 15 is 0 Å². The van der Waals surface area contributed by atoms with Gasteiger partial charge in [-0.2, -0.15) is 0 Å². The highest BCUT2D eigenvalue weighted by Crippen LogP contribution is 2.30. The number of piperazine rings is 1. The summed E-state index contributed by atoms with van der Waals surface area (Å²) >= 11 is 6.40. The van der Waals surface area contributed by atoms with Gasteiger partial charge in [-0.05, 0) is 56.5 Å². The number of likely N-dealkylation sites (N-methyl/N-ethyl adjacent to an activating group) is 1. The molecule has 7 rings (SSSR count). The number of fused-ring (bicyclic) bond motifs is 3. The van der Waals surface area contributed by atoms with Crippen molar-refractivity contribution in [2.45, 2.75) is 50.3 Å². The fourth-order valence-electron chi connectivity index (χ4n) is 7.73. The monoisotopic (exact) mass is 698 g/mol. The van der Waals surface area contributed by atoms with Crippen LogP contribution in [0.3, 0.4) is 0 Å². The number of aromatic nitrogens is 3. The zero-order valence-corrected chi connectivity index (χ0v) is 29.1. The third-order valence-corrected chi connectivity index (χ3v) is 11.0. The van der Waals surface area contributed by atoms with Crippen molar-refractivity contribution in [2.75, 3.05) is 65.1 Å². The first-order valence-corrected chi connectivity index (χ1v) is 17.8. The van der Waals surface area contributed by atoms with E-state index in [2.05, 4.69) is 32.7 Å². The Labute approximate surface area is 296 Å². The second-order valence-electron chi connectivity index (χ2n) is 13.7.